The highest BCUT2D eigenvalue weighted by molar-refractivity contribution is 8.00. The van der Waals surface area contributed by atoms with Gasteiger partial charge in [0.1, 0.15) is 0 Å². The number of thioether (sulfide) groups is 1. The van der Waals surface area contributed by atoms with Crippen LogP contribution < -0.4 is 5.32 Å². The van der Waals surface area contributed by atoms with E-state index < -0.39 is 4.92 Å². The first-order valence-corrected chi connectivity index (χ1v) is 8.43. The van der Waals surface area contributed by atoms with E-state index in [0.717, 1.165) is 37.7 Å². The molecule has 0 aliphatic carbocycles. The van der Waals surface area contributed by atoms with Crippen molar-refractivity contribution >= 4 is 23.4 Å². The minimum absolute atomic E-state index is 0.0263. The Labute approximate surface area is 139 Å². The second kappa shape index (κ2) is 8.85. The van der Waals surface area contributed by atoms with E-state index in [0.29, 0.717) is 6.54 Å². The standard InChI is InChI=1S/C15H21N3O4S/c1-12(23-14-4-2-13(3-5-14)18(20)21)15(19)16-6-7-17-8-10-22-11-9-17/h2-5,12H,6-11H2,1H3,(H,16,19). The molecular formula is C15H21N3O4S. The summed E-state index contributed by atoms with van der Waals surface area (Å²) in [6.07, 6.45) is 0. The number of rotatable bonds is 7. The van der Waals surface area contributed by atoms with Gasteiger partial charge in [0.05, 0.1) is 23.4 Å². The summed E-state index contributed by atoms with van der Waals surface area (Å²) in [5.74, 6) is -0.0263. The summed E-state index contributed by atoms with van der Waals surface area (Å²) in [7, 11) is 0. The number of morpholine rings is 1. The number of non-ortho nitro benzene ring substituents is 1. The first kappa shape index (κ1) is 17.7. The number of carbonyl (C=O) groups excluding carboxylic acids is 1. The van der Waals surface area contributed by atoms with Gasteiger partial charge in [0.15, 0.2) is 0 Å². The summed E-state index contributed by atoms with van der Waals surface area (Å²) in [5.41, 5.74) is 0.0527. The van der Waals surface area contributed by atoms with Gasteiger partial charge >= 0.3 is 0 Å². The lowest BCUT2D eigenvalue weighted by Crippen LogP contribution is -2.42. The van der Waals surface area contributed by atoms with Crippen LogP contribution in [0.4, 0.5) is 5.69 Å². The smallest absolute Gasteiger partial charge is 0.269 e. The summed E-state index contributed by atoms with van der Waals surface area (Å²) in [6.45, 7) is 6.58. The van der Waals surface area contributed by atoms with Crippen LogP contribution in [0.5, 0.6) is 0 Å². The van der Waals surface area contributed by atoms with E-state index >= 15 is 0 Å². The van der Waals surface area contributed by atoms with Gasteiger partial charge in [-0.05, 0) is 19.1 Å². The number of nitro benzene ring substituents is 1. The fourth-order valence-electron chi connectivity index (χ4n) is 2.21. The lowest BCUT2D eigenvalue weighted by atomic mass is 10.3. The molecule has 2 rings (SSSR count). The number of nitro groups is 1. The van der Waals surface area contributed by atoms with Crippen LogP contribution in [-0.2, 0) is 9.53 Å². The van der Waals surface area contributed by atoms with Gasteiger partial charge in [0, 0.05) is 43.2 Å². The van der Waals surface area contributed by atoms with Crippen molar-refractivity contribution in [3.8, 4) is 0 Å². The van der Waals surface area contributed by atoms with E-state index in [1.807, 2.05) is 6.92 Å². The number of nitrogens with zero attached hydrogens (tertiary/aromatic N) is 2. The lowest BCUT2D eigenvalue weighted by Gasteiger charge is -2.26. The molecule has 1 aliphatic rings. The number of nitrogens with one attached hydrogen (secondary N) is 1. The van der Waals surface area contributed by atoms with Crippen LogP contribution in [0.2, 0.25) is 0 Å². The molecule has 8 heteroatoms. The quantitative estimate of drug-likeness (QED) is 0.461. The molecule has 0 radical (unpaired) electrons. The van der Waals surface area contributed by atoms with Gasteiger partial charge in [-0.1, -0.05) is 0 Å². The van der Waals surface area contributed by atoms with E-state index in [1.54, 1.807) is 12.1 Å². The number of ether oxygens (including phenoxy) is 1. The molecule has 1 saturated heterocycles. The van der Waals surface area contributed by atoms with E-state index in [4.69, 9.17) is 4.74 Å². The Morgan fingerprint density at radius 2 is 2.04 bits per heavy atom. The van der Waals surface area contributed by atoms with Gasteiger partial charge in [-0.15, -0.1) is 11.8 Å². The monoisotopic (exact) mass is 339 g/mol. The summed E-state index contributed by atoms with van der Waals surface area (Å²) < 4.78 is 5.28. The maximum absolute atomic E-state index is 12.1. The van der Waals surface area contributed by atoms with Crippen molar-refractivity contribution in [1.82, 2.24) is 10.2 Å². The zero-order valence-electron chi connectivity index (χ0n) is 13.1. The molecule has 1 fully saturated rings. The zero-order valence-corrected chi connectivity index (χ0v) is 13.9. The number of hydrogen-bond acceptors (Lipinski definition) is 6. The van der Waals surface area contributed by atoms with Crippen molar-refractivity contribution in [1.29, 1.82) is 0 Å². The predicted molar refractivity (Wildman–Crippen MR) is 88.7 cm³/mol. The Morgan fingerprint density at radius 3 is 2.65 bits per heavy atom. The lowest BCUT2D eigenvalue weighted by molar-refractivity contribution is -0.384. The van der Waals surface area contributed by atoms with Crippen LogP contribution in [0.3, 0.4) is 0 Å². The Morgan fingerprint density at radius 1 is 1.39 bits per heavy atom. The molecule has 1 aliphatic heterocycles. The molecule has 0 spiro atoms. The second-order valence-corrected chi connectivity index (χ2v) is 6.67. The largest absolute Gasteiger partial charge is 0.379 e. The average Bonchev–Trinajstić information content (AvgIpc) is 2.56. The number of amides is 1. The highest BCUT2D eigenvalue weighted by Gasteiger charge is 2.16. The van der Waals surface area contributed by atoms with Gasteiger partial charge in [0.25, 0.3) is 5.69 Å². The Kier molecular flexibility index (Phi) is 6.82. The number of benzene rings is 1. The maximum Gasteiger partial charge on any atom is 0.269 e. The SMILES string of the molecule is CC(Sc1ccc([N+](=O)[O-])cc1)C(=O)NCCN1CCOCC1. The predicted octanol–water partition coefficient (Wildman–Crippen LogP) is 1.52. The Bertz CT molecular complexity index is 532. The van der Waals surface area contributed by atoms with Crippen molar-refractivity contribution in [2.75, 3.05) is 39.4 Å². The molecule has 126 valence electrons. The van der Waals surface area contributed by atoms with Gasteiger partial charge in [0.2, 0.25) is 5.91 Å². The zero-order chi connectivity index (χ0) is 16.7. The Balaban J connectivity index is 1.72. The minimum Gasteiger partial charge on any atom is -0.379 e. The normalized spacial score (nSPS) is 16.7. The number of carbonyl (C=O) groups is 1. The molecule has 1 N–H and O–H groups in total. The molecule has 1 heterocycles. The average molecular weight is 339 g/mol. The first-order valence-electron chi connectivity index (χ1n) is 7.55. The van der Waals surface area contributed by atoms with Crippen LogP contribution in [0.1, 0.15) is 6.92 Å². The van der Waals surface area contributed by atoms with Crippen molar-refractivity contribution in [3.05, 3.63) is 34.4 Å². The topological polar surface area (TPSA) is 84.7 Å². The third-order valence-corrected chi connectivity index (χ3v) is 4.67. The fourth-order valence-corrected chi connectivity index (χ4v) is 3.10. The van der Waals surface area contributed by atoms with Crippen LogP contribution >= 0.6 is 11.8 Å². The highest BCUT2D eigenvalue weighted by Crippen LogP contribution is 2.25. The van der Waals surface area contributed by atoms with Gasteiger partial charge in [-0.3, -0.25) is 19.8 Å². The highest BCUT2D eigenvalue weighted by atomic mass is 32.2. The molecule has 1 amide bonds. The van der Waals surface area contributed by atoms with E-state index in [1.165, 1.54) is 23.9 Å². The molecule has 1 aromatic carbocycles. The third kappa shape index (κ3) is 5.81. The maximum atomic E-state index is 12.1. The van der Waals surface area contributed by atoms with Gasteiger partial charge in [-0.25, -0.2) is 0 Å². The van der Waals surface area contributed by atoms with Crippen LogP contribution in [-0.4, -0.2) is 60.4 Å². The van der Waals surface area contributed by atoms with Crippen molar-refractivity contribution < 1.29 is 14.5 Å². The van der Waals surface area contributed by atoms with E-state index in [9.17, 15) is 14.9 Å². The summed E-state index contributed by atoms with van der Waals surface area (Å²) in [5, 5.41) is 13.3. The fraction of sp³-hybridized carbons (Fsp3) is 0.533. The van der Waals surface area contributed by atoms with Gasteiger partial charge < -0.3 is 10.1 Å². The van der Waals surface area contributed by atoms with Crippen molar-refractivity contribution in [3.63, 3.8) is 0 Å². The summed E-state index contributed by atoms with van der Waals surface area (Å²) >= 11 is 1.39. The molecule has 23 heavy (non-hydrogen) atoms. The first-order chi connectivity index (χ1) is 11.1. The molecule has 0 aromatic heterocycles. The van der Waals surface area contributed by atoms with Crippen LogP contribution in [0, 0.1) is 10.1 Å². The molecule has 1 atom stereocenters. The minimum atomic E-state index is -0.434. The Hall–Kier alpha value is -1.64. The van der Waals surface area contributed by atoms with Crippen molar-refractivity contribution in [2.24, 2.45) is 0 Å². The molecule has 1 unspecified atom stereocenters. The van der Waals surface area contributed by atoms with Crippen LogP contribution in [0.15, 0.2) is 29.2 Å². The van der Waals surface area contributed by atoms with E-state index in [2.05, 4.69) is 10.2 Å². The summed E-state index contributed by atoms with van der Waals surface area (Å²) in [6, 6.07) is 6.23. The van der Waals surface area contributed by atoms with E-state index in [-0.39, 0.29) is 16.8 Å². The molecule has 1 aromatic rings. The summed E-state index contributed by atoms with van der Waals surface area (Å²) in [4.78, 5) is 25.4. The molecule has 0 bridgehead atoms. The third-order valence-electron chi connectivity index (χ3n) is 3.56. The second-order valence-electron chi connectivity index (χ2n) is 5.26. The molecular weight excluding hydrogens is 318 g/mol. The number of hydrogen-bond donors (Lipinski definition) is 1. The van der Waals surface area contributed by atoms with Crippen molar-refractivity contribution in [2.45, 2.75) is 17.1 Å². The molecule has 7 nitrogen and oxygen atoms in total. The van der Waals surface area contributed by atoms with Gasteiger partial charge in [-0.2, -0.15) is 0 Å². The molecule has 0 saturated carbocycles. The van der Waals surface area contributed by atoms with Crippen LogP contribution in [0.25, 0.3) is 0 Å².